The van der Waals surface area contributed by atoms with Crippen molar-refractivity contribution in [2.45, 2.75) is 38.6 Å². The predicted octanol–water partition coefficient (Wildman–Crippen LogP) is 3.30. The maximum absolute atomic E-state index is 5.42. The van der Waals surface area contributed by atoms with E-state index in [4.69, 9.17) is 9.72 Å². The van der Waals surface area contributed by atoms with Gasteiger partial charge in [0.2, 0.25) is 5.95 Å². The third-order valence-corrected chi connectivity index (χ3v) is 5.24. The number of fused-ring (bicyclic) bond motifs is 1. The molecule has 4 rings (SSSR count). The van der Waals surface area contributed by atoms with Crippen molar-refractivity contribution in [3.05, 3.63) is 33.8 Å². The quantitative estimate of drug-likeness (QED) is 0.872. The van der Waals surface area contributed by atoms with E-state index in [1.54, 1.807) is 18.6 Å². The minimum atomic E-state index is 0.694. The molecule has 5 heteroatoms. The Bertz CT molecular complexity index is 678. The van der Waals surface area contributed by atoms with Crippen LogP contribution in [0.1, 0.15) is 40.5 Å². The number of benzene rings is 1. The minimum Gasteiger partial charge on any atom is -0.496 e. The number of anilines is 1. The Balaban J connectivity index is 1.59. The molecular weight excluding hydrogens is 282 g/mol. The normalized spacial score (nSPS) is 17.7. The first kappa shape index (κ1) is 13.1. The average Bonchev–Trinajstić information content (AvgIpc) is 3.23. The standard InChI is InChI=1S/C16H19N3OS/c1-10-7-13-9-19(6-5-12(13)8-14(10)20-2)16-17-15(21-18-16)11-3-4-11/h7-8,11H,3-6,9H2,1-2H3. The van der Waals surface area contributed by atoms with Gasteiger partial charge in [-0.1, -0.05) is 6.07 Å². The highest BCUT2D eigenvalue weighted by Crippen LogP contribution is 2.41. The number of methoxy groups -OCH3 is 1. The van der Waals surface area contributed by atoms with Crippen molar-refractivity contribution in [1.82, 2.24) is 9.36 Å². The summed E-state index contributed by atoms with van der Waals surface area (Å²) < 4.78 is 9.98. The second-order valence-corrected chi connectivity index (χ2v) is 6.75. The maximum Gasteiger partial charge on any atom is 0.237 e. The van der Waals surface area contributed by atoms with E-state index in [1.807, 2.05) is 0 Å². The molecule has 0 unspecified atom stereocenters. The maximum atomic E-state index is 5.42. The average molecular weight is 301 g/mol. The molecule has 1 aromatic carbocycles. The molecule has 0 spiro atoms. The van der Waals surface area contributed by atoms with Crippen molar-refractivity contribution in [3.63, 3.8) is 0 Å². The zero-order valence-electron chi connectivity index (χ0n) is 12.4. The number of nitrogens with zero attached hydrogens (tertiary/aromatic N) is 3. The first-order valence-electron chi connectivity index (χ1n) is 7.49. The van der Waals surface area contributed by atoms with E-state index < -0.39 is 0 Å². The molecular formula is C16H19N3OS. The summed E-state index contributed by atoms with van der Waals surface area (Å²) in [4.78, 5) is 7.04. The fourth-order valence-electron chi connectivity index (χ4n) is 2.95. The molecule has 0 radical (unpaired) electrons. The van der Waals surface area contributed by atoms with Crippen LogP contribution in [0.2, 0.25) is 0 Å². The first-order chi connectivity index (χ1) is 10.2. The molecule has 0 saturated heterocycles. The third-order valence-electron chi connectivity index (χ3n) is 4.37. The van der Waals surface area contributed by atoms with Crippen LogP contribution in [0.4, 0.5) is 5.95 Å². The number of rotatable bonds is 3. The molecule has 1 fully saturated rings. The minimum absolute atomic E-state index is 0.694. The van der Waals surface area contributed by atoms with E-state index in [9.17, 15) is 0 Å². The fraction of sp³-hybridized carbons (Fsp3) is 0.500. The van der Waals surface area contributed by atoms with Gasteiger partial charge in [0.1, 0.15) is 10.8 Å². The van der Waals surface area contributed by atoms with E-state index in [1.165, 1.54) is 34.5 Å². The number of aromatic nitrogens is 2. The van der Waals surface area contributed by atoms with Crippen LogP contribution >= 0.6 is 11.5 Å². The summed E-state index contributed by atoms with van der Waals surface area (Å²) in [5.74, 6) is 2.60. The summed E-state index contributed by atoms with van der Waals surface area (Å²) in [6, 6.07) is 4.43. The van der Waals surface area contributed by atoms with Gasteiger partial charge >= 0.3 is 0 Å². The Labute approximate surface area is 128 Å². The Hall–Kier alpha value is -1.62. The number of aryl methyl sites for hydroxylation is 1. The van der Waals surface area contributed by atoms with Gasteiger partial charge < -0.3 is 9.64 Å². The van der Waals surface area contributed by atoms with E-state index in [0.29, 0.717) is 5.92 Å². The molecule has 21 heavy (non-hydrogen) atoms. The Morgan fingerprint density at radius 3 is 2.90 bits per heavy atom. The monoisotopic (exact) mass is 301 g/mol. The lowest BCUT2D eigenvalue weighted by molar-refractivity contribution is 0.410. The summed E-state index contributed by atoms with van der Waals surface area (Å²) in [6.45, 7) is 3.99. The molecule has 2 aromatic rings. The molecule has 2 aliphatic rings. The van der Waals surface area contributed by atoms with E-state index in [-0.39, 0.29) is 0 Å². The zero-order valence-corrected chi connectivity index (χ0v) is 13.2. The molecule has 0 bridgehead atoms. The van der Waals surface area contributed by atoms with Crippen LogP contribution in [0.15, 0.2) is 12.1 Å². The van der Waals surface area contributed by atoms with Crippen LogP contribution < -0.4 is 9.64 Å². The number of ether oxygens (including phenoxy) is 1. The van der Waals surface area contributed by atoms with Gasteiger partial charge in [-0.05, 0) is 60.5 Å². The van der Waals surface area contributed by atoms with Crippen LogP contribution in [0.3, 0.4) is 0 Å². The van der Waals surface area contributed by atoms with Gasteiger partial charge in [0.05, 0.1) is 7.11 Å². The Morgan fingerprint density at radius 2 is 2.14 bits per heavy atom. The molecule has 4 nitrogen and oxygen atoms in total. The predicted molar refractivity (Wildman–Crippen MR) is 84.4 cm³/mol. The topological polar surface area (TPSA) is 38.2 Å². The van der Waals surface area contributed by atoms with E-state index >= 15 is 0 Å². The smallest absolute Gasteiger partial charge is 0.237 e. The summed E-state index contributed by atoms with van der Waals surface area (Å²) in [7, 11) is 1.74. The summed E-state index contributed by atoms with van der Waals surface area (Å²) in [5, 5.41) is 1.22. The summed E-state index contributed by atoms with van der Waals surface area (Å²) in [5.41, 5.74) is 3.97. The summed E-state index contributed by atoms with van der Waals surface area (Å²) >= 11 is 1.58. The van der Waals surface area contributed by atoms with Crippen LogP contribution in [0, 0.1) is 6.92 Å². The Kier molecular flexibility index (Phi) is 3.10. The fourth-order valence-corrected chi connectivity index (χ4v) is 3.79. The van der Waals surface area contributed by atoms with Crippen molar-refractivity contribution in [2.24, 2.45) is 0 Å². The van der Waals surface area contributed by atoms with Crippen molar-refractivity contribution < 1.29 is 4.74 Å². The first-order valence-corrected chi connectivity index (χ1v) is 8.27. The highest BCUT2D eigenvalue weighted by molar-refractivity contribution is 7.05. The van der Waals surface area contributed by atoms with E-state index in [0.717, 1.165) is 31.2 Å². The van der Waals surface area contributed by atoms with Gasteiger partial charge in [-0.2, -0.15) is 4.37 Å². The summed E-state index contributed by atoms with van der Waals surface area (Å²) in [6.07, 6.45) is 3.61. The number of hydrogen-bond donors (Lipinski definition) is 0. The molecule has 110 valence electrons. The molecule has 2 heterocycles. The highest BCUT2D eigenvalue weighted by Gasteiger charge is 2.29. The van der Waals surface area contributed by atoms with Crippen LogP contribution in [-0.4, -0.2) is 23.0 Å². The van der Waals surface area contributed by atoms with Gasteiger partial charge in [0, 0.05) is 19.0 Å². The molecule has 1 aliphatic heterocycles. The van der Waals surface area contributed by atoms with Crippen molar-refractivity contribution in [3.8, 4) is 5.75 Å². The molecule has 1 aromatic heterocycles. The molecule has 0 atom stereocenters. The largest absolute Gasteiger partial charge is 0.496 e. The molecule has 1 saturated carbocycles. The zero-order chi connectivity index (χ0) is 14.4. The second kappa shape index (κ2) is 4.98. The van der Waals surface area contributed by atoms with Gasteiger partial charge in [0.25, 0.3) is 0 Å². The van der Waals surface area contributed by atoms with Gasteiger partial charge in [0.15, 0.2) is 0 Å². The van der Waals surface area contributed by atoms with Crippen molar-refractivity contribution >= 4 is 17.5 Å². The van der Waals surface area contributed by atoms with Crippen molar-refractivity contribution in [2.75, 3.05) is 18.6 Å². The highest BCUT2D eigenvalue weighted by atomic mass is 32.1. The lowest BCUT2D eigenvalue weighted by atomic mass is 9.97. The third kappa shape index (κ3) is 2.39. The Morgan fingerprint density at radius 1 is 1.29 bits per heavy atom. The number of hydrogen-bond acceptors (Lipinski definition) is 5. The van der Waals surface area contributed by atoms with Gasteiger partial charge in [-0.15, -0.1) is 0 Å². The van der Waals surface area contributed by atoms with Gasteiger partial charge in [-0.3, -0.25) is 0 Å². The molecule has 0 amide bonds. The van der Waals surface area contributed by atoms with Crippen LogP contribution in [0.5, 0.6) is 5.75 Å². The van der Waals surface area contributed by atoms with Crippen molar-refractivity contribution in [1.29, 1.82) is 0 Å². The molecule has 0 N–H and O–H groups in total. The van der Waals surface area contributed by atoms with E-state index in [2.05, 4.69) is 28.3 Å². The molecule has 1 aliphatic carbocycles. The van der Waals surface area contributed by atoms with Gasteiger partial charge in [-0.25, -0.2) is 4.98 Å². The lowest BCUT2D eigenvalue weighted by Gasteiger charge is -2.28. The van der Waals surface area contributed by atoms with Crippen LogP contribution in [0.25, 0.3) is 0 Å². The van der Waals surface area contributed by atoms with Crippen LogP contribution in [-0.2, 0) is 13.0 Å². The SMILES string of the molecule is COc1cc2c(cc1C)CN(c1nsc(C3CC3)n1)CC2. The second-order valence-electron chi connectivity index (χ2n) is 5.97. The lowest BCUT2D eigenvalue weighted by Crippen LogP contribution is -2.31.